The van der Waals surface area contributed by atoms with Crippen molar-refractivity contribution < 1.29 is 31.5 Å². The molecular weight excluding hydrogens is 182 g/mol. The predicted octanol–water partition coefficient (Wildman–Crippen LogP) is 1.99. The van der Waals surface area contributed by atoms with Crippen LogP contribution < -0.4 is 0 Å². The standard InChI is InChI=1S/C2F3.ClH.Zn/c3-1-2(4)5;;/h;1H;. The third kappa shape index (κ3) is 6.44. The van der Waals surface area contributed by atoms with Gasteiger partial charge in [-0.3, -0.25) is 0 Å². The Morgan fingerprint density at radius 1 is 1.14 bits per heavy atom. The predicted molar refractivity (Wildman–Crippen MR) is 17.6 cm³/mol. The van der Waals surface area contributed by atoms with E-state index < -0.39 is 10.5 Å². The number of hydrogen-bond acceptors (Lipinski definition) is 0. The van der Waals surface area contributed by atoms with Crippen molar-refractivity contribution in [2.45, 2.75) is 0 Å². The summed E-state index contributed by atoms with van der Waals surface area (Å²) in [5.74, 6) is 0. The Morgan fingerprint density at radius 2 is 1.29 bits per heavy atom. The van der Waals surface area contributed by atoms with Crippen LogP contribution in [0.2, 0.25) is 0 Å². The average Bonchev–Trinajstić information content (AvgIpc) is 1.36. The summed E-state index contributed by atoms with van der Waals surface area (Å²) in [6, 6.07) is 0. The van der Waals surface area contributed by atoms with Gasteiger partial charge in [-0.05, 0) is 0 Å². The van der Waals surface area contributed by atoms with Crippen LogP contribution in [0.15, 0.2) is 10.5 Å². The molecule has 0 radical (unpaired) electrons. The number of hydrogen-bond donors (Lipinski definition) is 0. The summed E-state index contributed by atoms with van der Waals surface area (Å²) >= 11 is -0.0949. The van der Waals surface area contributed by atoms with Crippen LogP contribution >= 0.6 is 12.4 Å². The molecule has 0 rings (SSSR count). The van der Waals surface area contributed by atoms with Crippen molar-refractivity contribution in [3.63, 3.8) is 0 Å². The first-order valence-electron chi connectivity index (χ1n) is 1.17. The molecule has 39 valence electrons. The molecule has 7 heavy (non-hydrogen) atoms. The van der Waals surface area contributed by atoms with Gasteiger partial charge in [-0.2, -0.15) is 0 Å². The second-order valence-electron chi connectivity index (χ2n) is 0.665. The normalized spacial score (nSPS) is 7.00. The zero-order valence-electron chi connectivity index (χ0n) is 3.25. The van der Waals surface area contributed by atoms with Gasteiger partial charge >= 0.3 is 42.0 Å². The summed E-state index contributed by atoms with van der Waals surface area (Å²) in [7, 11) is 0. The third-order valence-electron chi connectivity index (χ3n) is 0.205. The summed E-state index contributed by atoms with van der Waals surface area (Å²) in [6.07, 6.45) is -2.19. The summed E-state index contributed by atoms with van der Waals surface area (Å²) in [4.78, 5) is 0. The Labute approximate surface area is 54.9 Å². The van der Waals surface area contributed by atoms with Gasteiger partial charge in [0.05, 0.1) is 0 Å². The molecule has 0 spiro atoms. The molecule has 5 heteroatoms. The average molecular weight is 183 g/mol. The van der Waals surface area contributed by atoms with Gasteiger partial charge in [-0.1, -0.05) is 0 Å². The van der Waals surface area contributed by atoms with Gasteiger partial charge in [0.1, 0.15) is 0 Å². The van der Waals surface area contributed by atoms with Gasteiger partial charge in [0.15, 0.2) is 0 Å². The van der Waals surface area contributed by atoms with E-state index in [1.807, 2.05) is 0 Å². The van der Waals surface area contributed by atoms with E-state index in [0.717, 1.165) is 0 Å². The van der Waals surface area contributed by atoms with E-state index in [4.69, 9.17) is 0 Å². The van der Waals surface area contributed by atoms with Crippen LogP contribution in [-0.4, -0.2) is 0 Å². The van der Waals surface area contributed by atoms with E-state index in [1.165, 1.54) is 0 Å². The minimum atomic E-state index is -2.19. The SMILES string of the molecule is Cl.FC(F)=[C](F)[Zn]. The van der Waals surface area contributed by atoms with Gasteiger partial charge in [0.2, 0.25) is 0 Å². The molecule has 0 atom stereocenters. The van der Waals surface area contributed by atoms with E-state index >= 15 is 0 Å². The first kappa shape index (κ1) is 10.4. The zero-order valence-corrected chi connectivity index (χ0v) is 7.03. The zero-order chi connectivity index (χ0) is 5.15. The molecule has 0 aliphatic heterocycles. The third-order valence-corrected chi connectivity index (χ3v) is 0.766. The molecule has 0 aromatic rings. The molecule has 0 unspecified atom stereocenters. The van der Waals surface area contributed by atoms with E-state index in [-0.39, 0.29) is 30.7 Å². The fourth-order valence-corrected chi connectivity index (χ4v) is 0. The Balaban J connectivity index is 0. The van der Waals surface area contributed by atoms with E-state index in [0.29, 0.717) is 0 Å². The number of halogens is 4. The Bertz CT molecular complexity index is 63.0. The fourth-order valence-electron chi connectivity index (χ4n) is 0. The monoisotopic (exact) mass is 181 g/mol. The van der Waals surface area contributed by atoms with Crippen molar-refractivity contribution in [1.29, 1.82) is 0 Å². The molecular formula is C2HClF3Zn. The maximum absolute atomic E-state index is 11.0. The van der Waals surface area contributed by atoms with Crippen molar-refractivity contribution in [2.75, 3.05) is 0 Å². The molecule has 0 amide bonds. The van der Waals surface area contributed by atoms with Crippen molar-refractivity contribution >= 4 is 12.4 Å². The van der Waals surface area contributed by atoms with Crippen molar-refractivity contribution in [1.82, 2.24) is 0 Å². The van der Waals surface area contributed by atoms with Crippen LogP contribution in [0.3, 0.4) is 0 Å². The van der Waals surface area contributed by atoms with Gasteiger partial charge in [-0.25, -0.2) is 0 Å². The van der Waals surface area contributed by atoms with Crippen LogP contribution in [0.4, 0.5) is 13.2 Å². The van der Waals surface area contributed by atoms with Gasteiger partial charge in [0, 0.05) is 0 Å². The molecule has 0 fully saturated rings. The summed E-state index contributed by atoms with van der Waals surface area (Å²) in [5.41, 5.74) is 0. The molecule has 0 aromatic heterocycles. The topological polar surface area (TPSA) is 0 Å². The molecule has 0 aromatic carbocycles. The van der Waals surface area contributed by atoms with E-state index in [2.05, 4.69) is 0 Å². The Kier molecular flexibility index (Phi) is 6.85. The quantitative estimate of drug-likeness (QED) is 0.503. The van der Waals surface area contributed by atoms with Crippen molar-refractivity contribution in [3.05, 3.63) is 10.5 Å². The van der Waals surface area contributed by atoms with Crippen LogP contribution in [-0.2, 0) is 18.3 Å². The van der Waals surface area contributed by atoms with Crippen LogP contribution in [0.1, 0.15) is 0 Å². The minimum absolute atomic E-state index is 0. The summed E-state index contributed by atoms with van der Waals surface area (Å²) in [6.45, 7) is 0. The van der Waals surface area contributed by atoms with Gasteiger partial charge in [0.25, 0.3) is 0 Å². The molecule has 0 saturated carbocycles. The summed E-state index contributed by atoms with van der Waals surface area (Å²) < 4.78 is 31.1. The Hall–Kier alpha value is 0.443. The van der Waals surface area contributed by atoms with Gasteiger partial charge < -0.3 is 0 Å². The van der Waals surface area contributed by atoms with Crippen LogP contribution in [0.5, 0.6) is 0 Å². The molecule has 0 N–H and O–H groups in total. The maximum atomic E-state index is 11.0. The second kappa shape index (κ2) is 4.60. The first-order valence-corrected chi connectivity index (χ1v) is 2.65. The number of rotatable bonds is 0. The molecule has 0 bridgehead atoms. The van der Waals surface area contributed by atoms with E-state index in [1.54, 1.807) is 0 Å². The molecule has 0 nitrogen and oxygen atoms in total. The molecule has 0 heterocycles. The van der Waals surface area contributed by atoms with E-state index in [9.17, 15) is 13.2 Å². The van der Waals surface area contributed by atoms with Gasteiger partial charge in [-0.15, -0.1) is 12.4 Å². The Morgan fingerprint density at radius 3 is 1.29 bits per heavy atom. The fraction of sp³-hybridized carbons (Fsp3) is 0. The molecule has 0 aliphatic rings. The van der Waals surface area contributed by atoms with Crippen LogP contribution in [0, 0.1) is 0 Å². The molecule has 0 saturated heterocycles. The van der Waals surface area contributed by atoms with Crippen molar-refractivity contribution in [2.24, 2.45) is 0 Å². The summed E-state index contributed by atoms with van der Waals surface area (Å²) in [5, 5.41) is 0. The first-order chi connectivity index (χ1) is 2.64. The second-order valence-corrected chi connectivity index (χ2v) is 1.97. The van der Waals surface area contributed by atoms with Crippen LogP contribution in [0.25, 0.3) is 0 Å². The molecule has 0 aliphatic carbocycles. The van der Waals surface area contributed by atoms with Crippen molar-refractivity contribution in [3.8, 4) is 0 Å².